The molecule has 0 spiro atoms. The molecule has 1 aromatic rings. The highest BCUT2D eigenvalue weighted by molar-refractivity contribution is 7.89. The summed E-state index contributed by atoms with van der Waals surface area (Å²) in [5.74, 6) is 0.179. The third kappa shape index (κ3) is 3.88. The normalized spacial score (nSPS) is 23.0. The molecule has 0 radical (unpaired) electrons. The van der Waals surface area contributed by atoms with Crippen LogP contribution in [0.2, 0.25) is 5.02 Å². The van der Waals surface area contributed by atoms with Gasteiger partial charge in [0.2, 0.25) is 10.0 Å². The van der Waals surface area contributed by atoms with Crippen LogP contribution in [0.4, 0.5) is 0 Å². The van der Waals surface area contributed by atoms with Gasteiger partial charge in [0.05, 0.1) is 7.11 Å². The van der Waals surface area contributed by atoms with Crippen LogP contribution in [0, 0.1) is 5.92 Å². The Hall–Kier alpha value is -0.820. The number of hydrogen-bond donors (Lipinski definition) is 2. The predicted octanol–water partition coefficient (Wildman–Crippen LogP) is 2.18. The van der Waals surface area contributed by atoms with Crippen LogP contribution >= 0.6 is 11.6 Å². The minimum Gasteiger partial charge on any atom is -0.495 e. The van der Waals surface area contributed by atoms with Gasteiger partial charge in [0.1, 0.15) is 10.6 Å². The van der Waals surface area contributed by atoms with Crippen molar-refractivity contribution >= 4 is 21.6 Å². The molecule has 1 saturated carbocycles. The van der Waals surface area contributed by atoms with Crippen LogP contribution in [0.3, 0.4) is 0 Å². The van der Waals surface area contributed by atoms with Crippen molar-refractivity contribution in [2.45, 2.75) is 36.6 Å². The van der Waals surface area contributed by atoms with Crippen LogP contribution in [-0.2, 0) is 10.0 Å². The van der Waals surface area contributed by atoms with E-state index in [1.165, 1.54) is 25.3 Å². The van der Waals surface area contributed by atoms with Crippen molar-refractivity contribution in [3.63, 3.8) is 0 Å². The van der Waals surface area contributed by atoms with E-state index in [0.717, 1.165) is 25.7 Å². The molecule has 7 heteroatoms. The van der Waals surface area contributed by atoms with Crippen LogP contribution in [0.25, 0.3) is 0 Å². The zero-order valence-corrected chi connectivity index (χ0v) is 13.5. The molecular weight excluding hydrogens is 314 g/mol. The lowest BCUT2D eigenvalue weighted by Gasteiger charge is -2.30. The van der Waals surface area contributed by atoms with Gasteiger partial charge in [-0.2, -0.15) is 0 Å². The van der Waals surface area contributed by atoms with Crippen molar-refractivity contribution in [3.05, 3.63) is 23.2 Å². The number of benzene rings is 1. The quantitative estimate of drug-likeness (QED) is 0.866. The number of methoxy groups -OCH3 is 1. The van der Waals surface area contributed by atoms with Crippen molar-refractivity contribution in [2.75, 3.05) is 13.7 Å². The second kappa shape index (κ2) is 6.96. The first kappa shape index (κ1) is 16.5. The fourth-order valence-electron chi connectivity index (χ4n) is 2.71. The summed E-state index contributed by atoms with van der Waals surface area (Å²) >= 11 is 5.85. The van der Waals surface area contributed by atoms with Gasteiger partial charge >= 0.3 is 0 Å². The van der Waals surface area contributed by atoms with Gasteiger partial charge in [0.15, 0.2) is 0 Å². The molecular formula is C14H20ClNO4S. The summed E-state index contributed by atoms with van der Waals surface area (Å²) in [6.45, 7) is -0.00899. The van der Waals surface area contributed by atoms with Crippen molar-refractivity contribution in [1.82, 2.24) is 4.72 Å². The third-order valence-corrected chi connectivity index (χ3v) is 5.63. The van der Waals surface area contributed by atoms with Crippen molar-refractivity contribution in [1.29, 1.82) is 0 Å². The molecule has 1 fully saturated rings. The lowest BCUT2D eigenvalue weighted by molar-refractivity contribution is 0.164. The Balaban J connectivity index is 2.25. The molecule has 0 saturated heterocycles. The Morgan fingerprint density at radius 1 is 1.38 bits per heavy atom. The molecule has 0 aromatic heterocycles. The Bertz CT molecular complexity index is 591. The lowest BCUT2D eigenvalue weighted by atomic mass is 9.86. The number of nitrogens with one attached hydrogen (secondary N) is 1. The minimum absolute atomic E-state index is 0.00899. The van der Waals surface area contributed by atoms with Gasteiger partial charge in [-0.1, -0.05) is 24.4 Å². The fourth-order valence-corrected chi connectivity index (χ4v) is 4.36. The van der Waals surface area contributed by atoms with E-state index in [1.807, 2.05) is 0 Å². The number of ether oxygens (including phenoxy) is 1. The number of aliphatic hydroxyl groups excluding tert-OH is 1. The Labute approximate surface area is 130 Å². The largest absolute Gasteiger partial charge is 0.495 e. The molecule has 1 aliphatic rings. The first-order valence-corrected chi connectivity index (χ1v) is 8.81. The van der Waals surface area contributed by atoms with E-state index < -0.39 is 10.0 Å². The van der Waals surface area contributed by atoms with Crippen LogP contribution in [0.1, 0.15) is 25.7 Å². The molecule has 1 aliphatic carbocycles. The molecule has 0 bridgehead atoms. The molecule has 0 heterocycles. The zero-order valence-electron chi connectivity index (χ0n) is 11.9. The maximum atomic E-state index is 12.5. The Morgan fingerprint density at radius 2 is 2.10 bits per heavy atom. The van der Waals surface area contributed by atoms with E-state index in [9.17, 15) is 13.5 Å². The van der Waals surface area contributed by atoms with Crippen LogP contribution < -0.4 is 9.46 Å². The van der Waals surface area contributed by atoms with Gasteiger partial charge in [0, 0.05) is 23.7 Å². The first-order valence-electron chi connectivity index (χ1n) is 6.94. The SMILES string of the molecule is COc1cc(Cl)ccc1S(=O)(=O)NC1CCCCC1CO. The molecule has 0 amide bonds. The van der Waals surface area contributed by atoms with E-state index in [-0.39, 0.29) is 29.2 Å². The van der Waals surface area contributed by atoms with Crippen LogP contribution in [0.15, 0.2) is 23.1 Å². The Kier molecular flexibility index (Phi) is 5.48. The summed E-state index contributed by atoms with van der Waals surface area (Å²) in [5, 5.41) is 9.80. The maximum absolute atomic E-state index is 12.5. The highest BCUT2D eigenvalue weighted by Crippen LogP contribution is 2.30. The highest BCUT2D eigenvalue weighted by atomic mass is 35.5. The standard InChI is InChI=1S/C14H20ClNO4S/c1-20-13-8-11(15)6-7-14(13)21(18,19)16-12-5-3-2-4-10(12)9-17/h6-8,10,12,16-17H,2-5,9H2,1H3. The number of aliphatic hydroxyl groups is 1. The molecule has 2 unspecified atom stereocenters. The first-order chi connectivity index (χ1) is 9.97. The van der Waals surface area contributed by atoms with Crippen molar-refractivity contribution in [2.24, 2.45) is 5.92 Å². The van der Waals surface area contributed by atoms with Gasteiger partial charge in [0.25, 0.3) is 0 Å². The number of hydrogen-bond acceptors (Lipinski definition) is 4. The molecule has 2 N–H and O–H groups in total. The molecule has 21 heavy (non-hydrogen) atoms. The smallest absolute Gasteiger partial charge is 0.244 e. The Morgan fingerprint density at radius 3 is 2.76 bits per heavy atom. The van der Waals surface area contributed by atoms with E-state index in [1.54, 1.807) is 0 Å². The second-order valence-electron chi connectivity index (χ2n) is 5.25. The highest BCUT2D eigenvalue weighted by Gasteiger charge is 2.30. The summed E-state index contributed by atoms with van der Waals surface area (Å²) in [5.41, 5.74) is 0. The number of sulfonamides is 1. The summed E-state index contributed by atoms with van der Waals surface area (Å²) in [7, 11) is -2.30. The van der Waals surface area contributed by atoms with Crippen LogP contribution in [0.5, 0.6) is 5.75 Å². The molecule has 118 valence electrons. The van der Waals surface area contributed by atoms with Gasteiger partial charge in [-0.25, -0.2) is 13.1 Å². The van der Waals surface area contributed by atoms with E-state index in [0.29, 0.717) is 5.02 Å². The van der Waals surface area contributed by atoms with Gasteiger partial charge in [-0.3, -0.25) is 0 Å². The van der Waals surface area contributed by atoms with Gasteiger partial charge in [-0.05, 0) is 30.9 Å². The van der Waals surface area contributed by atoms with Crippen molar-refractivity contribution in [3.8, 4) is 5.75 Å². The molecule has 1 aromatic carbocycles. The minimum atomic E-state index is -3.71. The predicted molar refractivity (Wildman–Crippen MR) is 81.2 cm³/mol. The maximum Gasteiger partial charge on any atom is 0.244 e. The summed E-state index contributed by atoms with van der Waals surface area (Å²) in [6.07, 6.45) is 3.55. The molecule has 2 atom stereocenters. The average molecular weight is 334 g/mol. The topological polar surface area (TPSA) is 75.6 Å². The third-order valence-electron chi connectivity index (χ3n) is 3.87. The summed E-state index contributed by atoms with van der Waals surface area (Å²) in [6, 6.07) is 4.18. The summed E-state index contributed by atoms with van der Waals surface area (Å²) in [4.78, 5) is 0.0664. The monoisotopic (exact) mass is 333 g/mol. The number of rotatable bonds is 5. The van der Waals surface area contributed by atoms with E-state index >= 15 is 0 Å². The molecule has 2 rings (SSSR count). The molecule has 5 nitrogen and oxygen atoms in total. The second-order valence-corrected chi connectivity index (χ2v) is 7.37. The fraction of sp³-hybridized carbons (Fsp3) is 0.571. The van der Waals surface area contributed by atoms with Gasteiger partial charge in [-0.15, -0.1) is 0 Å². The van der Waals surface area contributed by atoms with Gasteiger partial charge < -0.3 is 9.84 Å². The van der Waals surface area contributed by atoms with Crippen LogP contribution in [-0.4, -0.2) is 33.3 Å². The molecule has 0 aliphatic heterocycles. The van der Waals surface area contributed by atoms with E-state index in [4.69, 9.17) is 16.3 Å². The lowest BCUT2D eigenvalue weighted by Crippen LogP contribution is -2.43. The average Bonchev–Trinajstić information content (AvgIpc) is 2.47. The number of halogens is 1. The summed E-state index contributed by atoms with van der Waals surface area (Å²) < 4.78 is 32.9. The van der Waals surface area contributed by atoms with E-state index in [2.05, 4.69) is 4.72 Å². The zero-order chi connectivity index (χ0) is 15.5. The van der Waals surface area contributed by atoms with Crippen molar-refractivity contribution < 1.29 is 18.3 Å².